The predicted molar refractivity (Wildman–Crippen MR) is 76.9 cm³/mol. The summed E-state index contributed by atoms with van der Waals surface area (Å²) in [7, 11) is 0. The molecule has 0 N–H and O–H groups in total. The van der Waals surface area contributed by atoms with Gasteiger partial charge in [0.05, 0.1) is 0 Å². The molecule has 2 rings (SSSR count). The molecule has 0 fully saturated rings. The summed E-state index contributed by atoms with van der Waals surface area (Å²) in [5.74, 6) is -0.288. The third-order valence-corrected chi connectivity index (χ3v) is 4.03. The molecule has 0 aromatic heterocycles. The molecule has 0 spiro atoms. The van der Waals surface area contributed by atoms with Gasteiger partial charge in [-0.2, -0.15) is 0 Å². The van der Waals surface area contributed by atoms with Crippen molar-refractivity contribution in [2.24, 2.45) is 0 Å². The molecule has 0 aliphatic carbocycles. The summed E-state index contributed by atoms with van der Waals surface area (Å²) in [6.07, 6.45) is 0.215. The second kappa shape index (κ2) is 6.73. The maximum absolute atomic E-state index is 12.9. The molecule has 1 unspecified atom stereocenters. The van der Waals surface area contributed by atoms with E-state index in [1.807, 2.05) is 30.3 Å². The molecule has 19 heavy (non-hydrogen) atoms. The number of rotatable bonds is 5. The summed E-state index contributed by atoms with van der Waals surface area (Å²) in [6, 6.07) is 15.9. The van der Waals surface area contributed by atoms with Crippen LogP contribution in [0.3, 0.4) is 0 Å². The van der Waals surface area contributed by atoms with Crippen molar-refractivity contribution in [1.29, 1.82) is 0 Å². The van der Waals surface area contributed by atoms with Crippen molar-refractivity contribution in [2.45, 2.75) is 16.6 Å². The molecule has 0 saturated heterocycles. The van der Waals surface area contributed by atoms with E-state index in [2.05, 4.69) is 0 Å². The number of hydrogen-bond acceptors (Lipinski definition) is 2. The zero-order chi connectivity index (χ0) is 13.7. The first-order valence-corrected chi connectivity index (χ1v) is 7.06. The van der Waals surface area contributed by atoms with E-state index in [1.54, 1.807) is 23.9 Å². The number of benzene rings is 2. The molecular formula is C15H12ClFOS. The second-order valence-electron chi connectivity index (χ2n) is 4.03. The summed E-state index contributed by atoms with van der Waals surface area (Å²) in [4.78, 5) is 12.2. The monoisotopic (exact) mass is 294 g/mol. The van der Waals surface area contributed by atoms with Crippen LogP contribution in [0, 0.1) is 5.82 Å². The van der Waals surface area contributed by atoms with Crippen LogP contribution >= 0.6 is 23.4 Å². The summed E-state index contributed by atoms with van der Waals surface area (Å²) in [5, 5.41) is -0.495. The van der Waals surface area contributed by atoms with Crippen molar-refractivity contribution >= 4 is 28.6 Å². The van der Waals surface area contributed by atoms with E-state index in [4.69, 9.17) is 11.6 Å². The van der Waals surface area contributed by atoms with Crippen molar-refractivity contribution in [3.63, 3.8) is 0 Å². The van der Waals surface area contributed by atoms with Crippen molar-refractivity contribution in [3.8, 4) is 0 Å². The number of halogens is 2. The largest absolute Gasteiger partial charge is 0.281 e. The Morgan fingerprint density at radius 3 is 2.32 bits per heavy atom. The molecule has 0 radical (unpaired) electrons. The van der Waals surface area contributed by atoms with Crippen molar-refractivity contribution in [2.75, 3.05) is 0 Å². The first-order chi connectivity index (χ1) is 9.15. The van der Waals surface area contributed by atoms with Crippen molar-refractivity contribution < 1.29 is 9.18 Å². The number of hydrogen-bond donors (Lipinski definition) is 0. The van der Waals surface area contributed by atoms with E-state index >= 15 is 0 Å². The maximum atomic E-state index is 12.9. The van der Waals surface area contributed by atoms with Gasteiger partial charge in [-0.25, -0.2) is 4.39 Å². The van der Waals surface area contributed by atoms with Gasteiger partial charge < -0.3 is 0 Å². The zero-order valence-electron chi connectivity index (χ0n) is 10.1. The van der Waals surface area contributed by atoms with Gasteiger partial charge in [0.15, 0.2) is 0 Å². The van der Waals surface area contributed by atoms with Gasteiger partial charge in [-0.1, -0.05) is 30.3 Å². The third kappa shape index (κ3) is 4.37. The van der Waals surface area contributed by atoms with Crippen LogP contribution in [0.25, 0.3) is 0 Å². The fraction of sp³-hybridized carbons (Fsp3) is 0.133. The van der Waals surface area contributed by atoms with E-state index in [1.165, 1.54) is 12.1 Å². The van der Waals surface area contributed by atoms with E-state index in [0.717, 1.165) is 10.5 Å². The Morgan fingerprint density at radius 1 is 1.11 bits per heavy atom. The molecular weight excluding hydrogens is 283 g/mol. The molecule has 0 heterocycles. The normalized spacial score (nSPS) is 12.1. The lowest BCUT2D eigenvalue weighted by Crippen LogP contribution is -1.99. The molecule has 1 nitrogen and oxygen atoms in total. The molecule has 0 aliphatic rings. The standard InChI is InChI=1S/C15H12ClFOS/c16-15(18)10-14(11-6-8-12(17)9-7-11)19-13-4-2-1-3-5-13/h1-9,14H,10H2. The van der Waals surface area contributed by atoms with Crippen LogP contribution in [0.4, 0.5) is 4.39 Å². The minimum Gasteiger partial charge on any atom is -0.281 e. The Hall–Kier alpha value is -1.32. The lowest BCUT2D eigenvalue weighted by atomic mass is 10.1. The fourth-order valence-corrected chi connectivity index (χ4v) is 3.13. The molecule has 0 saturated carbocycles. The topological polar surface area (TPSA) is 17.1 Å². The first kappa shape index (κ1) is 14.1. The molecule has 0 amide bonds. The SMILES string of the molecule is O=C(Cl)CC(Sc1ccccc1)c1ccc(F)cc1. The Bertz CT molecular complexity index is 542. The van der Waals surface area contributed by atoms with E-state index < -0.39 is 5.24 Å². The summed E-state index contributed by atoms with van der Waals surface area (Å²) >= 11 is 7.04. The smallest absolute Gasteiger partial charge is 0.223 e. The molecule has 98 valence electrons. The van der Waals surface area contributed by atoms with Crippen LogP contribution in [0.1, 0.15) is 17.2 Å². The van der Waals surface area contributed by atoms with Gasteiger partial charge in [-0.3, -0.25) is 4.79 Å². The third-order valence-electron chi connectivity index (χ3n) is 2.61. The maximum Gasteiger partial charge on any atom is 0.223 e. The quantitative estimate of drug-likeness (QED) is 0.581. The minimum absolute atomic E-state index is 0.104. The Kier molecular flexibility index (Phi) is 5.00. The van der Waals surface area contributed by atoms with Gasteiger partial charge in [0.1, 0.15) is 5.82 Å². The molecule has 2 aromatic rings. The van der Waals surface area contributed by atoms with E-state index in [-0.39, 0.29) is 17.5 Å². The molecule has 0 bridgehead atoms. The van der Waals surface area contributed by atoms with Gasteiger partial charge in [-0.15, -0.1) is 11.8 Å². The number of carbonyl (C=O) groups is 1. The van der Waals surface area contributed by atoms with Crippen LogP contribution in [0.15, 0.2) is 59.5 Å². The lowest BCUT2D eigenvalue weighted by Gasteiger charge is -2.15. The lowest BCUT2D eigenvalue weighted by molar-refractivity contribution is -0.111. The highest BCUT2D eigenvalue weighted by Crippen LogP contribution is 2.38. The highest BCUT2D eigenvalue weighted by Gasteiger charge is 2.16. The van der Waals surface area contributed by atoms with Crippen LogP contribution in [0.5, 0.6) is 0 Å². The summed E-state index contributed by atoms with van der Waals surface area (Å²) < 4.78 is 12.9. The fourth-order valence-electron chi connectivity index (χ4n) is 1.71. The van der Waals surface area contributed by atoms with Crippen molar-refractivity contribution in [1.82, 2.24) is 0 Å². The summed E-state index contributed by atoms with van der Waals surface area (Å²) in [6.45, 7) is 0. The van der Waals surface area contributed by atoms with Gasteiger partial charge in [0.25, 0.3) is 0 Å². The van der Waals surface area contributed by atoms with Gasteiger partial charge in [0.2, 0.25) is 5.24 Å². The predicted octanol–water partition coefficient (Wildman–Crippen LogP) is 4.81. The van der Waals surface area contributed by atoms with E-state index in [9.17, 15) is 9.18 Å². The van der Waals surface area contributed by atoms with Crippen molar-refractivity contribution in [3.05, 3.63) is 66.0 Å². The minimum atomic E-state index is -0.391. The average molecular weight is 295 g/mol. The average Bonchev–Trinajstić information content (AvgIpc) is 2.39. The van der Waals surface area contributed by atoms with Crippen LogP contribution in [-0.2, 0) is 4.79 Å². The van der Waals surface area contributed by atoms with Crippen LogP contribution in [0.2, 0.25) is 0 Å². The van der Waals surface area contributed by atoms with Gasteiger partial charge in [0, 0.05) is 16.6 Å². The Labute approximate surface area is 120 Å². The van der Waals surface area contributed by atoms with Gasteiger partial charge >= 0.3 is 0 Å². The zero-order valence-corrected chi connectivity index (χ0v) is 11.6. The molecule has 2 aromatic carbocycles. The number of carbonyl (C=O) groups excluding carboxylic acids is 1. The summed E-state index contributed by atoms with van der Waals surface area (Å²) in [5.41, 5.74) is 0.893. The molecule has 0 aliphatic heterocycles. The second-order valence-corrected chi connectivity index (χ2v) is 5.73. The highest BCUT2D eigenvalue weighted by atomic mass is 35.5. The van der Waals surface area contributed by atoms with Crippen LogP contribution < -0.4 is 0 Å². The Balaban J connectivity index is 2.20. The van der Waals surface area contributed by atoms with Crippen LogP contribution in [-0.4, -0.2) is 5.24 Å². The van der Waals surface area contributed by atoms with E-state index in [0.29, 0.717) is 0 Å². The molecule has 4 heteroatoms. The molecule has 1 atom stereocenters. The highest BCUT2D eigenvalue weighted by molar-refractivity contribution is 7.99. The number of thioether (sulfide) groups is 1. The van der Waals surface area contributed by atoms with Gasteiger partial charge in [-0.05, 0) is 41.4 Å². The first-order valence-electron chi connectivity index (χ1n) is 5.80. The Morgan fingerprint density at radius 2 is 1.74 bits per heavy atom.